The molecule has 12 heavy (non-hydrogen) atoms. The van der Waals surface area contributed by atoms with E-state index in [9.17, 15) is 5.11 Å². The molecule has 1 heterocycles. The summed E-state index contributed by atoms with van der Waals surface area (Å²) in [5.74, 6) is 0. The van der Waals surface area contributed by atoms with Crippen molar-refractivity contribution in [3.05, 3.63) is 0 Å². The van der Waals surface area contributed by atoms with E-state index in [2.05, 4.69) is 4.90 Å². The van der Waals surface area contributed by atoms with Crippen LogP contribution in [0.2, 0.25) is 0 Å². The predicted octanol–water partition coefficient (Wildman–Crippen LogP) is 0.119. The number of hydrogen-bond acceptors (Lipinski definition) is 3. The smallest absolute Gasteiger partial charge is 0.0727 e. The summed E-state index contributed by atoms with van der Waals surface area (Å²) in [6.45, 7) is 2.84. The Balaban J connectivity index is 2.04. The first-order valence-corrected chi connectivity index (χ1v) is 4.78. The van der Waals surface area contributed by atoms with E-state index < -0.39 is 0 Å². The van der Waals surface area contributed by atoms with Crippen molar-refractivity contribution in [1.82, 2.24) is 4.90 Å². The minimum Gasteiger partial charge on any atom is -0.393 e. The van der Waals surface area contributed by atoms with E-state index in [4.69, 9.17) is 18.0 Å². The fraction of sp³-hybridized carbons (Fsp3) is 0.875. The SMILES string of the molecule is NC(=S)CCCN1CCC(O)C1. The molecule has 3 nitrogen and oxygen atoms in total. The van der Waals surface area contributed by atoms with Gasteiger partial charge in [0.05, 0.1) is 11.1 Å². The molecule has 0 radical (unpaired) electrons. The third-order valence-electron chi connectivity index (χ3n) is 2.15. The lowest BCUT2D eigenvalue weighted by Crippen LogP contribution is -2.24. The fourth-order valence-electron chi connectivity index (χ4n) is 1.49. The number of likely N-dealkylation sites (tertiary alicyclic amines) is 1. The van der Waals surface area contributed by atoms with E-state index in [1.165, 1.54) is 0 Å². The Kier molecular flexibility index (Phi) is 3.91. The quantitative estimate of drug-likeness (QED) is 0.615. The van der Waals surface area contributed by atoms with Gasteiger partial charge in [-0.05, 0) is 25.8 Å². The van der Waals surface area contributed by atoms with Crippen LogP contribution in [-0.4, -0.2) is 40.7 Å². The van der Waals surface area contributed by atoms with E-state index in [1.54, 1.807) is 0 Å². The van der Waals surface area contributed by atoms with Crippen molar-refractivity contribution in [3.63, 3.8) is 0 Å². The summed E-state index contributed by atoms with van der Waals surface area (Å²) in [6.07, 6.45) is 2.63. The minimum absolute atomic E-state index is 0.116. The second-order valence-corrected chi connectivity index (χ2v) is 3.84. The highest BCUT2D eigenvalue weighted by molar-refractivity contribution is 7.80. The molecule has 0 bridgehead atoms. The summed E-state index contributed by atoms with van der Waals surface area (Å²) >= 11 is 4.77. The first-order chi connectivity index (χ1) is 5.68. The maximum absolute atomic E-state index is 9.22. The summed E-state index contributed by atoms with van der Waals surface area (Å²) in [4.78, 5) is 2.85. The third kappa shape index (κ3) is 3.47. The molecule has 0 spiro atoms. The zero-order valence-corrected chi connectivity index (χ0v) is 8.02. The monoisotopic (exact) mass is 188 g/mol. The van der Waals surface area contributed by atoms with Crippen LogP contribution in [0, 0.1) is 0 Å². The molecule has 1 aliphatic rings. The highest BCUT2D eigenvalue weighted by Gasteiger charge is 2.18. The van der Waals surface area contributed by atoms with Crippen molar-refractivity contribution in [2.45, 2.75) is 25.4 Å². The molecule has 0 amide bonds. The van der Waals surface area contributed by atoms with Crippen molar-refractivity contribution in [2.75, 3.05) is 19.6 Å². The van der Waals surface area contributed by atoms with Crippen LogP contribution in [0.15, 0.2) is 0 Å². The second kappa shape index (κ2) is 4.74. The van der Waals surface area contributed by atoms with Crippen LogP contribution in [0.3, 0.4) is 0 Å². The summed E-state index contributed by atoms with van der Waals surface area (Å²) in [6, 6.07) is 0. The number of aliphatic hydroxyl groups is 1. The van der Waals surface area contributed by atoms with Gasteiger partial charge in [0, 0.05) is 13.1 Å². The molecule has 1 aliphatic heterocycles. The van der Waals surface area contributed by atoms with Gasteiger partial charge < -0.3 is 15.7 Å². The lowest BCUT2D eigenvalue weighted by Gasteiger charge is -2.13. The molecule has 0 saturated carbocycles. The van der Waals surface area contributed by atoms with Gasteiger partial charge in [0.25, 0.3) is 0 Å². The molecule has 0 aromatic rings. The molecule has 1 atom stereocenters. The van der Waals surface area contributed by atoms with Crippen LogP contribution < -0.4 is 5.73 Å². The van der Waals surface area contributed by atoms with Gasteiger partial charge in [0.1, 0.15) is 0 Å². The Morgan fingerprint density at radius 2 is 2.42 bits per heavy atom. The Bertz CT molecular complexity index is 163. The Labute approximate surface area is 78.5 Å². The molecule has 1 unspecified atom stereocenters. The zero-order valence-electron chi connectivity index (χ0n) is 7.20. The first kappa shape index (κ1) is 9.89. The average Bonchev–Trinajstić information content (AvgIpc) is 2.35. The normalized spacial score (nSPS) is 24.6. The van der Waals surface area contributed by atoms with Crippen LogP contribution in [0.5, 0.6) is 0 Å². The van der Waals surface area contributed by atoms with E-state index >= 15 is 0 Å². The number of β-amino-alcohol motifs (C(OH)–C–C–N with tert-alkyl or cyclic N) is 1. The molecule has 0 aliphatic carbocycles. The maximum Gasteiger partial charge on any atom is 0.0727 e. The second-order valence-electron chi connectivity index (χ2n) is 3.31. The summed E-state index contributed by atoms with van der Waals surface area (Å²) < 4.78 is 0. The van der Waals surface area contributed by atoms with Crippen LogP contribution in [0.4, 0.5) is 0 Å². The van der Waals surface area contributed by atoms with Crippen molar-refractivity contribution in [1.29, 1.82) is 0 Å². The Morgan fingerprint density at radius 3 is 2.92 bits per heavy atom. The molecule has 3 N–H and O–H groups in total. The van der Waals surface area contributed by atoms with Gasteiger partial charge in [-0.25, -0.2) is 0 Å². The molecule has 1 fully saturated rings. The van der Waals surface area contributed by atoms with Gasteiger partial charge >= 0.3 is 0 Å². The maximum atomic E-state index is 9.22. The van der Waals surface area contributed by atoms with Crippen LogP contribution in [-0.2, 0) is 0 Å². The number of thiocarbonyl (C=S) groups is 1. The van der Waals surface area contributed by atoms with Gasteiger partial charge in [-0.2, -0.15) is 0 Å². The molecule has 0 aromatic carbocycles. The van der Waals surface area contributed by atoms with Gasteiger partial charge in [0.15, 0.2) is 0 Å². The van der Waals surface area contributed by atoms with Crippen molar-refractivity contribution < 1.29 is 5.11 Å². The van der Waals surface area contributed by atoms with Gasteiger partial charge in [0.2, 0.25) is 0 Å². The molecule has 70 valence electrons. The van der Waals surface area contributed by atoms with Gasteiger partial charge in [-0.1, -0.05) is 12.2 Å². The number of rotatable bonds is 4. The number of nitrogens with zero attached hydrogens (tertiary/aromatic N) is 1. The highest BCUT2D eigenvalue weighted by Crippen LogP contribution is 2.09. The van der Waals surface area contributed by atoms with E-state index in [-0.39, 0.29) is 6.10 Å². The number of aliphatic hydroxyl groups excluding tert-OH is 1. The van der Waals surface area contributed by atoms with Crippen molar-refractivity contribution in [2.24, 2.45) is 5.73 Å². The molecule has 4 heteroatoms. The fourth-order valence-corrected chi connectivity index (χ4v) is 1.64. The van der Waals surface area contributed by atoms with Gasteiger partial charge in [-0.3, -0.25) is 0 Å². The van der Waals surface area contributed by atoms with E-state index in [0.29, 0.717) is 4.99 Å². The topological polar surface area (TPSA) is 49.5 Å². The van der Waals surface area contributed by atoms with E-state index in [1.807, 2.05) is 0 Å². The van der Waals surface area contributed by atoms with E-state index in [0.717, 1.165) is 38.9 Å². The summed E-state index contributed by atoms with van der Waals surface area (Å²) in [5, 5.41) is 9.22. The molecule has 1 saturated heterocycles. The summed E-state index contributed by atoms with van der Waals surface area (Å²) in [5.41, 5.74) is 5.37. The molecule has 0 aromatic heterocycles. The van der Waals surface area contributed by atoms with Crippen LogP contribution in [0.25, 0.3) is 0 Å². The van der Waals surface area contributed by atoms with Gasteiger partial charge in [-0.15, -0.1) is 0 Å². The molecular formula is C8H16N2OS. The van der Waals surface area contributed by atoms with Crippen molar-refractivity contribution >= 4 is 17.2 Å². The zero-order chi connectivity index (χ0) is 8.97. The number of hydrogen-bond donors (Lipinski definition) is 2. The number of nitrogens with two attached hydrogens (primary N) is 1. The largest absolute Gasteiger partial charge is 0.393 e. The minimum atomic E-state index is -0.116. The Hall–Kier alpha value is -0.190. The molecule has 1 rings (SSSR count). The lowest BCUT2D eigenvalue weighted by molar-refractivity contribution is 0.176. The predicted molar refractivity (Wildman–Crippen MR) is 53.1 cm³/mol. The Morgan fingerprint density at radius 1 is 1.67 bits per heavy atom. The average molecular weight is 188 g/mol. The molecular weight excluding hydrogens is 172 g/mol. The lowest BCUT2D eigenvalue weighted by atomic mass is 10.3. The third-order valence-corrected chi connectivity index (χ3v) is 2.35. The van der Waals surface area contributed by atoms with Crippen LogP contribution in [0.1, 0.15) is 19.3 Å². The highest BCUT2D eigenvalue weighted by atomic mass is 32.1. The summed E-state index contributed by atoms with van der Waals surface area (Å²) in [7, 11) is 0. The first-order valence-electron chi connectivity index (χ1n) is 4.37. The van der Waals surface area contributed by atoms with Crippen LogP contribution >= 0.6 is 12.2 Å². The van der Waals surface area contributed by atoms with Crippen molar-refractivity contribution in [3.8, 4) is 0 Å². The standard InChI is InChI=1S/C8H16N2OS/c9-8(12)2-1-4-10-5-3-7(11)6-10/h7,11H,1-6H2,(H2,9,12).